The largest absolute Gasteiger partial charge is 0.487 e. The maximum atomic E-state index is 12.9. The Bertz CT molecular complexity index is 1000. The number of nitrogens with zero attached hydrogens (tertiary/aromatic N) is 5. The van der Waals surface area contributed by atoms with Crippen molar-refractivity contribution in [2.75, 3.05) is 13.7 Å². The van der Waals surface area contributed by atoms with E-state index in [-0.39, 0.29) is 28.9 Å². The normalized spacial score (nSPS) is 11.7. The summed E-state index contributed by atoms with van der Waals surface area (Å²) in [5.74, 6) is -0.169. The lowest BCUT2D eigenvalue weighted by atomic mass is 10.1. The first-order chi connectivity index (χ1) is 13.9. The number of aromatic nitrogens is 3. The number of carbonyl (C=O) groups excluding carboxylic acids is 1. The van der Waals surface area contributed by atoms with Crippen LogP contribution in [0.5, 0.6) is 5.75 Å². The first-order valence-corrected chi connectivity index (χ1v) is 9.05. The summed E-state index contributed by atoms with van der Waals surface area (Å²) in [6, 6.07) is 11.6. The average molecular weight is 395 g/mol. The molecule has 1 aromatic heterocycles. The van der Waals surface area contributed by atoms with Crippen molar-refractivity contribution in [1.82, 2.24) is 19.7 Å². The van der Waals surface area contributed by atoms with E-state index in [1.807, 2.05) is 31.2 Å². The van der Waals surface area contributed by atoms with Crippen LogP contribution in [0.4, 0.5) is 5.69 Å². The number of amides is 1. The highest BCUT2D eigenvalue weighted by Crippen LogP contribution is 2.29. The van der Waals surface area contributed by atoms with E-state index in [4.69, 9.17) is 4.74 Å². The number of hydrogen-bond acceptors (Lipinski definition) is 6. The summed E-state index contributed by atoms with van der Waals surface area (Å²) in [7, 11) is 1.67. The summed E-state index contributed by atoms with van der Waals surface area (Å²) in [4.78, 5) is 29.1. The molecule has 1 amide bonds. The summed E-state index contributed by atoms with van der Waals surface area (Å²) in [6.07, 6.45) is 3.06. The van der Waals surface area contributed by atoms with Crippen molar-refractivity contribution in [1.29, 1.82) is 0 Å². The Balaban J connectivity index is 1.80. The van der Waals surface area contributed by atoms with Gasteiger partial charge in [-0.2, -0.15) is 5.10 Å². The number of benzene rings is 2. The average Bonchev–Trinajstić information content (AvgIpc) is 3.27. The second kappa shape index (κ2) is 8.51. The van der Waals surface area contributed by atoms with Crippen LogP contribution in [-0.4, -0.2) is 44.1 Å². The smallest absolute Gasteiger partial charge is 0.311 e. The molecule has 0 saturated carbocycles. The SMILES string of the molecule is CCOc1ccc(C(=O)N(C)[C@H](C)c2ccc(-n3cncn3)cc2)cc1[N+](=O)[O-]. The van der Waals surface area contributed by atoms with E-state index in [1.165, 1.54) is 24.5 Å². The van der Waals surface area contributed by atoms with Crippen molar-refractivity contribution >= 4 is 11.6 Å². The van der Waals surface area contributed by atoms with Gasteiger partial charge in [0.15, 0.2) is 5.75 Å². The van der Waals surface area contributed by atoms with Gasteiger partial charge in [-0.15, -0.1) is 0 Å². The van der Waals surface area contributed by atoms with E-state index in [0.717, 1.165) is 11.3 Å². The Morgan fingerprint density at radius 1 is 1.28 bits per heavy atom. The third-order valence-electron chi connectivity index (χ3n) is 4.66. The van der Waals surface area contributed by atoms with Crippen molar-refractivity contribution < 1.29 is 14.5 Å². The van der Waals surface area contributed by atoms with Gasteiger partial charge in [-0.25, -0.2) is 9.67 Å². The van der Waals surface area contributed by atoms with Crippen molar-refractivity contribution in [3.05, 3.63) is 76.4 Å². The quantitative estimate of drug-likeness (QED) is 0.449. The molecule has 0 aliphatic carbocycles. The monoisotopic (exact) mass is 395 g/mol. The predicted molar refractivity (Wildman–Crippen MR) is 106 cm³/mol. The molecule has 2 aromatic carbocycles. The minimum atomic E-state index is -0.548. The van der Waals surface area contributed by atoms with Gasteiger partial charge in [-0.3, -0.25) is 14.9 Å². The maximum Gasteiger partial charge on any atom is 0.311 e. The molecule has 0 radical (unpaired) electrons. The van der Waals surface area contributed by atoms with Crippen molar-refractivity contribution in [3.63, 3.8) is 0 Å². The second-order valence-corrected chi connectivity index (χ2v) is 6.40. The molecule has 0 aliphatic heterocycles. The lowest BCUT2D eigenvalue weighted by Gasteiger charge is -2.25. The fourth-order valence-corrected chi connectivity index (χ4v) is 2.92. The molecule has 0 saturated heterocycles. The van der Waals surface area contributed by atoms with Crippen LogP contribution in [0.15, 0.2) is 55.1 Å². The van der Waals surface area contributed by atoms with Crippen LogP contribution in [0.25, 0.3) is 5.69 Å². The number of carbonyl (C=O) groups is 1. The van der Waals surface area contributed by atoms with Gasteiger partial charge in [0.25, 0.3) is 5.91 Å². The second-order valence-electron chi connectivity index (χ2n) is 6.40. The standard InChI is InChI=1S/C20H21N5O4/c1-4-29-19-10-7-16(11-18(19)25(27)28)20(26)23(3)14(2)15-5-8-17(9-6-15)24-13-21-12-22-24/h5-14H,4H2,1-3H3/t14-/m1/s1. The molecule has 0 aliphatic rings. The number of hydrogen-bond donors (Lipinski definition) is 0. The zero-order valence-corrected chi connectivity index (χ0v) is 16.3. The molecule has 0 unspecified atom stereocenters. The van der Waals surface area contributed by atoms with Crippen molar-refractivity contribution in [2.45, 2.75) is 19.9 Å². The molecule has 0 fully saturated rings. The van der Waals surface area contributed by atoms with Crippen LogP contribution in [0, 0.1) is 10.1 Å². The van der Waals surface area contributed by atoms with E-state index < -0.39 is 4.92 Å². The predicted octanol–water partition coefficient (Wildman–Crippen LogP) is 3.41. The molecule has 1 atom stereocenters. The lowest BCUT2D eigenvalue weighted by molar-refractivity contribution is -0.385. The van der Waals surface area contributed by atoms with Crippen molar-refractivity contribution in [3.8, 4) is 11.4 Å². The van der Waals surface area contributed by atoms with E-state index in [1.54, 1.807) is 29.9 Å². The fourth-order valence-electron chi connectivity index (χ4n) is 2.92. The first kappa shape index (κ1) is 20.0. The van der Waals surface area contributed by atoms with Gasteiger partial charge < -0.3 is 9.64 Å². The maximum absolute atomic E-state index is 12.9. The lowest BCUT2D eigenvalue weighted by Crippen LogP contribution is -2.29. The third-order valence-corrected chi connectivity index (χ3v) is 4.66. The van der Waals surface area contributed by atoms with Gasteiger partial charge in [0.05, 0.1) is 23.3 Å². The van der Waals surface area contributed by atoms with Gasteiger partial charge in [0, 0.05) is 18.7 Å². The highest BCUT2D eigenvalue weighted by Gasteiger charge is 2.23. The Morgan fingerprint density at radius 3 is 2.59 bits per heavy atom. The highest BCUT2D eigenvalue weighted by atomic mass is 16.6. The number of ether oxygens (including phenoxy) is 1. The van der Waals surface area contributed by atoms with Crippen LogP contribution in [0.2, 0.25) is 0 Å². The molecular formula is C20H21N5O4. The zero-order chi connectivity index (χ0) is 21.0. The first-order valence-electron chi connectivity index (χ1n) is 9.05. The summed E-state index contributed by atoms with van der Waals surface area (Å²) >= 11 is 0. The summed E-state index contributed by atoms with van der Waals surface area (Å²) in [5, 5.41) is 15.4. The summed E-state index contributed by atoms with van der Waals surface area (Å²) < 4.78 is 6.92. The molecule has 9 nitrogen and oxygen atoms in total. The molecule has 0 bridgehead atoms. The molecule has 1 heterocycles. The zero-order valence-electron chi connectivity index (χ0n) is 16.3. The minimum Gasteiger partial charge on any atom is -0.487 e. The summed E-state index contributed by atoms with van der Waals surface area (Å²) in [5.41, 5.74) is 1.78. The highest BCUT2D eigenvalue weighted by molar-refractivity contribution is 5.95. The molecule has 3 aromatic rings. The Morgan fingerprint density at radius 2 is 2.00 bits per heavy atom. The fraction of sp³-hybridized carbons (Fsp3) is 0.250. The third kappa shape index (κ3) is 4.23. The van der Waals surface area contributed by atoms with Crippen LogP contribution in [-0.2, 0) is 0 Å². The van der Waals surface area contributed by atoms with Crippen LogP contribution in [0.3, 0.4) is 0 Å². The van der Waals surface area contributed by atoms with Gasteiger partial charge in [0.2, 0.25) is 0 Å². The summed E-state index contributed by atoms with van der Waals surface area (Å²) in [6.45, 7) is 3.94. The number of rotatable bonds is 7. The van der Waals surface area contributed by atoms with Crippen molar-refractivity contribution in [2.24, 2.45) is 0 Å². The van der Waals surface area contributed by atoms with Crippen LogP contribution in [0.1, 0.15) is 35.8 Å². The Hall–Kier alpha value is -3.75. The van der Waals surface area contributed by atoms with E-state index in [2.05, 4.69) is 10.1 Å². The van der Waals surface area contributed by atoms with Crippen LogP contribution >= 0.6 is 0 Å². The van der Waals surface area contributed by atoms with Gasteiger partial charge in [-0.05, 0) is 43.7 Å². The molecule has 150 valence electrons. The molecular weight excluding hydrogens is 374 g/mol. The molecule has 0 N–H and O–H groups in total. The van der Waals surface area contributed by atoms with Gasteiger partial charge in [-0.1, -0.05) is 12.1 Å². The van der Waals surface area contributed by atoms with E-state index in [9.17, 15) is 14.9 Å². The minimum absolute atomic E-state index is 0.147. The topological polar surface area (TPSA) is 103 Å². The Kier molecular flexibility index (Phi) is 5.87. The van der Waals surface area contributed by atoms with Crippen LogP contribution < -0.4 is 4.74 Å². The number of nitro groups is 1. The Labute approximate surface area is 167 Å². The van der Waals surface area contributed by atoms with E-state index >= 15 is 0 Å². The molecule has 9 heteroatoms. The number of nitro benzene ring substituents is 1. The van der Waals surface area contributed by atoms with Gasteiger partial charge in [0.1, 0.15) is 12.7 Å². The van der Waals surface area contributed by atoms with E-state index in [0.29, 0.717) is 6.61 Å². The molecule has 0 spiro atoms. The molecule has 29 heavy (non-hydrogen) atoms. The molecule has 3 rings (SSSR count). The van der Waals surface area contributed by atoms with Gasteiger partial charge >= 0.3 is 5.69 Å².